The highest BCUT2D eigenvalue weighted by atomic mass is 32.1. The van der Waals surface area contributed by atoms with E-state index in [-0.39, 0.29) is 11.8 Å². The van der Waals surface area contributed by atoms with Crippen molar-refractivity contribution >= 4 is 38.3 Å². The number of nitrogens with zero attached hydrogens (tertiary/aromatic N) is 2. The Bertz CT molecular complexity index is 1050. The van der Waals surface area contributed by atoms with E-state index in [0.29, 0.717) is 37.8 Å². The Labute approximate surface area is 165 Å². The van der Waals surface area contributed by atoms with Crippen molar-refractivity contribution in [3.8, 4) is 17.2 Å². The van der Waals surface area contributed by atoms with Gasteiger partial charge in [0.05, 0.1) is 17.7 Å². The summed E-state index contributed by atoms with van der Waals surface area (Å²) in [5, 5.41) is 3.89. The van der Waals surface area contributed by atoms with Crippen molar-refractivity contribution in [2.24, 2.45) is 5.92 Å². The molecule has 0 bridgehead atoms. The second kappa shape index (κ2) is 6.87. The summed E-state index contributed by atoms with van der Waals surface area (Å²) in [5.74, 6) is 2.09. The van der Waals surface area contributed by atoms with Crippen LogP contribution in [0.1, 0.15) is 0 Å². The number of hydrogen-bond donors (Lipinski definition) is 1. The van der Waals surface area contributed by atoms with Gasteiger partial charge in [0.2, 0.25) is 5.91 Å². The maximum absolute atomic E-state index is 12.6. The summed E-state index contributed by atoms with van der Waals surface area (Å²) in [4.78, 5) is 19.4. The number of amides is 1. The lowest BCUT2D eigenvalue weighted by atomic mass is 10.00. The van der Waals surface area contributed by atoms with Crippen LogP contribution in [0.4, 0.5) is 10.8 Å². The van der Waals surface area contributed by atoms with Crippen molar-refractivity contribution in [1.82, 2.24) is 4.98 Å². The summed E-state index contributed by atoms with van der Waals surface area (Å²) < 4.78 is 17.5. The molecule has 1 aromatic heterocycles. The van der Waals surface area contributed by atoms with Crippen LogP contribution >= 0.6 is 11.3 Å². The number of nitrogens with one attached hydrogen (secondary N) is 1. The number of fused-ring (bicyclic) bond motifs is 2. The van der Waals surface area contributed by atoms with Crippen molar-refractivity contribution in [2.45, 2.75) is 0 Å². The molecule has 1 amide bonds. The molecule has 1 saturated heterocycles. The second-order valence-electron chi connectivity index (χ2n) is 6.75. The Morgan fingerprint density at radius 1 is 1.21 bits per heavy atom. The van der Waals surface area contributed by atoms with Gasteiger partial charge in [0.25, 0.3) is 0 Å². The largest absolute Gasteiger partial charge is 0.494 e. The predicted molar refractivity (Wildman–Crippen MR) is 108 cm³/mol. The summed E-state index contributed by atoms with van der Waals surface area (Å²) in [6, 6.07) is 11.4. The van der Waals surface area contributed by atoms with Gasteiger partial charge in [-0.2, -0.15) is 0 Å². The molecule has 1 N–H and O–H groups in total. The third kappa shape index (κ3) is 2.99. The van der Waals surface area contributed by atoms with E-state index in [0.717, 1.165) is 26.8 Å². The molecule has 2 aromatic carbocycles. The lowest BCUT2D eigenvalue weighted by Gasteiger charge is -2.37. The minimum absolute atomic E-state index is 0.00613. The molecule has 7 nitrogen and oxygen atoms in total. The van der Waals surface area contributed by atoms with E-state index in [4.69, 9.17) is 14.2 Å². The van der Waals surface area contributed by atoms with Gasteiger partial charge in [0.1, 0.15) is 24.5 Å². The van der Waals surface area contributed by atoms with Crippen LogP contribution in [-0.2, 0) is 4.79 Å². The first kappa shape index (κ1) is 17.1. The average molecular weight is 397 g/mol. The van der Waals surface area contributed by atoms with Crippen LogP contribution in [0.15, 0.2) is 36.4 Å². The first-order valence-electron chi connectivity index (χ1n) is 9.10. The van der Waals surface area contributed by atoms with Gasteiger partial charge in [-0.25, -0.2) is 4.98 Å². The third-order valence-electron chi connectivity index (χ3n) is 4.92. The Morgan fingerprint density at radius 3 is 2.86 bits per heavy atom. The summed E-state index contributed by atoms with van der Waals surface area (Å²) in [6.07, 6.45) is 0. The zero-order valence-corrected chi connectivity index (χ0v) is 16.1. The molecule has 28 heavy (non-hydrogen) atoms. The van der Waals surface area contributed by atoms with Gasteiger partial charge in [0.15, 0.2) is 16.6 Å². The molecule has 2 aliphatic rings. The van der Waals surface area contributed by atoms with E-state index in [2.05, 4.69) is 15.2 Å². The van der Waals surface area contributed by atoms with Crippen molar-refractivity contribution in [3.63, 3.8) is 0 Å². The molecule has 144 valence electrons. The normalized spacial score (nSPS) is 16.0. The SMILES string of the molecule is COc1cccc2sc(N3CC(C(=O)Nc4ccc5c(c4)OCCO5)C3)nc12. The molecule has 0 radical (unpaired) electrons. The molecule has 0 saturated carbocycles. The fraction of sp³-hybridized carbons (Fsp3) is 0.300. The molecule has 0 spiro atoms. The van der Waals surface area contributed by atoms with Gasteiger partial charge in [0, 0.05) is 24.8 Å². The Hall–Kier alpha value is -3.00. The van der Waals surface area contributed by atoms with E-state index in [1.165, 1.54) is 0 Å². The predicted octanol–water partition coefficient (Wildman–Crippen LogP) is 3.15. The molecule has 3 aromatic rings. The quantitative estimate of drug-likeness (QED) is 0.729. The molecule has 0 unspecified atom stereocenters. The fourth-order valence-electron chi connectivity index (χ4n) is 3.38. The maximum Gasteiger partial charge on any atom is 0.231 e. The molecule has 0 atom stereocenters. The maximum atomic E-state index is 12.6. The number of methoxy groups -OCH3 is 1. The standard InChI is InChI=1S/C20H19N3O4S/c1-25-15-3-2-4-17-18(15)22-20(28-17)23-10-12(11-23)19(24)21-13-5-6-14-16(9-13)27-8-7-26-14/h2-6,9,12H,7-8,10-11H2,1H3,(H,21,24). The molecular formula is C20H19N3O4S. The lowest BCUT2D eigenvalue weighted by Crippen LogP contribution is -2.52. The van der Waals surface area contributed by atoms with Crippen LogP contribution in [0.3, 0.4) is 0 Å². The number of para-hydroxylation sites is 1. The minimum Gasteiger partial charge on any atom is -0.494 e. The van der Waals surface area contributed by atoms with Gasteiger partial charge >= 0.3 is 0 Å². The number of benzene rings is 2. The van der Waals surface area contributed by atoms with E-state index >= 15 is 0 Å². The highest BCUT2D eigenvalue weighted by Crippen LogP contribution is 2.37. The third-order valence-corrected chi connectivity index (χ3v) is 6.00. The van der Waals surface area contributed by atoms with Crippen LogP contribution in [0.2, 0.25) is 0 Å². The van der Waals surface area contributed by atoms with Crippen LogP contribution in [0.25, 0.3) is 10.2 Å². The van der Waals surface area contributed by atoms with Crippen molar-refractivity contribution in [1.29, 1.82) is 0 Å². The molecular weight excluding hydrogens is 378 g/mol. The van der Waals surface area contributed by atoms with E-state index in [9.17, 15) is 4.79 Å². The van der Waals surface area contributed by atoms with Gasteiger partial charge in [-0.05, 0) is 24.3 Å². The van der Waals surface area contributed by atoms with Gasteiger partial charge in [-0.15, -0.1) is 0 Å². The lowest BCUT2D eigenvalue weighted by molar-refractivity contribution is -0.120. The smallest absolute Gasteiger partial charge is 0.231 e. The summed E-state index contributed by atoms with van der Waals surface area (Å²) in [5.41, 5.74) is 1.59. The summed E-state index contributed by atoms with van der Waals surface area (Å²) >= 11 is 1.62. The Morgan fingerprint density at radius 2 is 2.04 bits per heavy atom. The van der Waals surface area contributed by atoms with Crippen LogP contribution in [0.5, 0.6) is 17.2 Å². The van der Waals surface area contributed by atoms with E-state index in [1.54, 1.807) is 18.4 Å². The van der Waals surface area contributed by atoms with Crippen molar-refractivity contribution in [2.75, 3.05) is 43.6 Å². The summed E-state index contributed by atoms with van der Waals surface area (Å²) in [6.45, 7) is 2.38. The molecule has 2 aliphatic heterocycles. The second-order valence-corrected chi connectivity index (χ2v) is 7.76. The Balaban J connectivity index is 1.24. The first-order chi connectivity index (χ1) is 13.7. The van der Waals surface area contributed by atoms with Crippen molar-refractivity contribution in [3.05, 3.63) is 36.4 Å². The molecule has 3 heterocycles. The minimum atomic E-state index is -0.0675. The molecule has 0 aliphatic carbocycles. The highest BCUT2D eigenvalue weighted by molar-refractivity contribution is 7.22. The van der Waals surface area contributed by atoms with E-state index < -0.39 is 0 Å². The van der Waals surface area contributed by atoms with Crippen molar-refractivity contribution < 1.29 is 19.0 Å². The molecule has 5 rings (SSSR count). The zero-order chi connectivity index (χ0) is 19.1. The Kier molecular flexibility index (Phi) is 4.20. The fourth-order valence-corrected chi connectivity index (χ4v) is 4.38. The van der Waals surface area contributed by atoms with Gasteiger partial charge in [-0.1, -0.05) is 17.4 Å². The number of anilines is 2. The van der Waals surface area contributed by atoms with Crippen LogP contribution < -0.4 is 24.4 Å². The number of aromatic nitrogens is 1. The molecule has 8 heteroatoms. The zero-order valence-electron chi connectivity index (χ0n) is 15.3. The first-order valence-corrected chi connectivity index (χ1v) is 9.92. The van der Waals surface area contributed by atoms with Gasteiger partial charge in [-0.3, -0.25) is 4.79 Å². The number of rotatable bonds is 4. The van der Waals surface area contributed by atoms with Gasteiger partial charge < -0.3 is 24.4 Å². The van der Waals surface area contributed by atoms with Crippen LogP contribution in [-0.4, -0.2) is 44.3 Å². The molecule has 1 fully saturated rings. The number of ether oxygens (including phenoxy) is 3. The number of carbonyl (C=O) groups is 1. The number of hydrogen-bond acceptors (Lipinski definition) is 7. The average Bonchev–Trinajstić information content (AvgIpc) is 3.10. The number of carbonyl (C=O) groups excluding carboxylic acids is 1. The van der Waals surface area contributed by atoms with E-state index in [1.807, 2.05) is 36.4 Å². The monoisotopic (exact) mass is 397 g/mol. The topological polar surface area (TPSA) is 72.9 Å². The summed E-state index contributed by atoms with van der Waals surface area (Å²) in [7, 11) is 1.65. The highest BCUT2D eigenvalue weighted by Gasteiger charge is 2.34. The van der Waals surface area contributed by atoms with Crippen LogP contribution in [0, 0.1) is 5.92 Å². The number of thiazole rings is 1.